The van der Waals surface area contributed by atoms with E-state index < -0.39 is 0 Å². The predicted octanol–water partition coefficient (Wildman–Crippen LogP) is 3.64. The lowest BCUT2D eigenvalue weighted by atomic mass is 10.1. The number of fused-ring (bicyclic) bond motifs is 1. The molecule has 6 heteroatoms. The monoisotopic (exact) mass is 319 g/mol. The number of hydrogen-bond donors (Lipinski definition) is 2. The molecule has 0 bridgehead atoms. The summed E-state index contributed by atoms with van der Waals surface area (Å²) in [6.45, 7) is 3.83. The first kappa shape index (κ1) is 15.0. The minimum Gasteiger partial charge on any atom is -0.331 e. The molecule has 0 fully saturated rings. The van der Waals surface area contributed by atoms with E-state index >= 15 is 0 Å². The van der Waals surface area contributed by atoms with E-state index in [1.54, 1.807) is 17.4 Å². The van der Waals surface area contributed by atoms with E-state index in [1.165, 1.54) is 12.1 Å². The van der Waals surface area contributed by atoms with Crippen molar-refractivity contribution >= 4 is 17.4 Å². The molecule has 2 atom stereocenters. The van der Waals surface area contributed by atoms with Crippen LogP contribution in [0.25, 0.3) is 0 Å². The van der Waals surface area contributed by atoms with Crippen LogP contribution in [0.2, 0.25) is 0 Å². The van der Waals surface area contributed by atoms with Gasteiger partial charge in [0.2, 0.25) is 0 Å². The van der Waals surface area contributed by atoms with E-state index in [2.05, 4.69) is 15.6 Å². The van der Waals surface area contributed by atoms with Gasteiger partial charge in [0.05, 0.1) is 22.8 Å². The summed E-state index contributed by atoms with van der Waals surface area (Å²) in [7, 11) is 0. The van der Waals surface area contributed by atoms with Crippen molar-refractivity contribution in [2.75, 3.05) is 0 Å². The summed E-state index contributed by atoms with van der Waals surface area (Å²) in [6, 6.07) is 4.24. The first-order chi connectivity index (χ1) is 10.5. The Morgan fingerprint density at radius 1 is 1.50 bits per heavy atom. The maximum Gasteiger partial charge on any atom is 0.315 e. The molecule has 0 saturated heterocycles. The number of thiazole rings is 1. The molecule has 4 nitrogen and oxygen atoms in total. The van der Waals surface area contributed by atoms with Gasteiger partial charge in [0.1, 0.15) is 5.82 Å². The normalized spacial score (nSPS) is 17.9. The second-order valence-electron chi connectivity index (χ2n) is 5.57. The number of halogens is 1. The van der Waals surface area contributed by atoms with Gasteiger partial charge in [-0.2, -0.15) is 0 Å². The molecule has 116 valence electrons. The minimum atomic E-state index is -0.265. The molecule has 0 radical (unpaired) electrons. The molecule has 1 aliphatic rings. The number of nitrogens with zero attached hydrogens (tertiary/aromatic N) is 1. The number of aromatic nitrogens is 1. The van der Waals surface area contributed by atoms with Crippen molar-refractivity contribution in [1.29, 1.82) is 0 Å². The molecule has 3 rings (SSSR count). The first-order valence-electron chi connectivity index (χ1n) is 7.30. The van der Waals surface area contributed by atoms with Gasteiger partial charge in [0, 0.05) is 5.38 Å². The Labute approximate surface area is 132 Å². The second kappa shape index (κ2) is 6.04. The maximum atomic E-state index is 13.4. The highest BCUT2D eigenvalue weighted by atomic mass is 32.1. The molecule has 2 aromatic rings. The summed E-state index contributed by atoms with van der Waals surface area (Å²) in [5, 5.41) is 8.73. The van der Waals surface area contributed by atoms with Crippen molar-refractivity contribution in [2.24, 2.45) is 0 Å². The first-order valence-corrected chi connectivity index (χ1v) is 8.18. The van der Waals surface area contributed by atoms with Gasteiger partial charge < -0.3 is 10.6 Å². The molecule has 0 spiro atoms. The largest absolute Gasteiger partial charge is 0.331 e. The average molecular weight is 319 g/mol. The molecule has 0 unspecified atom stereocenters. The van der Waals surface area contributed by atoms with E-state index in [1.807, 2.05) is 19.2 Å². The van der Waals surface area contributed by atoms with Crippen molar-refractivity contribution in [3.8, 4) is 0 Å². The number of benzene rings is 1. The number of urea groups is 1. The van der Waals surface area contributed by atoms with Gasteiger partial charge in [-0.05, 0) is 49.9 Å². The van der Waals surface area contributed by atoms with Gasteiger partial charge >= 0.3 is 6.03 Å². The van der Waals surface area contributed by atoms with Gasteiger partial charge in [0.25, 0.3) is 0 Å². The fraction of sp³-hybridized carbons (Fsp3) is 0.375. The standard InChI is InChI=1S/C16H18FN3OS/c1-9(15-8-22-10(2)19-15)18-16(21)20-14-6-4-11-3-5-12(17)7-13(11)14/h3,5,7-9,14H,4,6H2,1-2H3,(H2,18,20,21)/t9-,14-/m1/s1. The van der Waals surface area contributed by atoms with E-state index in [4.69, 9.17) is 0 Å². The van der Waals surface area contributed by atoms with Crippen molar-refractivity contribution in [2.45, 2.75) is 38.8 Å². The van der Waals surface area contributed by atoms with Crippen LogP contribution in [0.1, 0.15) is 47.3 Å². The van der Waals surface area contributed by atoms with Gasteiger partial charge in [-0.15, -0.1) is 11.3 Å². The number of carbonyl (C=O) groups is 1. The van der Waals surface area contributed by atoms with E-state index in [-0.39, 0.29) is 23.9 Å². The third-order valence-corrected chi connectivity index (χ3v) is 4.71. The molecule has 2 N–H and O–H groups in total. The average Bonchev–Trinajstić information content (AvgIpc) is 3.06. The van der Waals surface area contributed by atoms with Crippen molar-refractivity contribution in [3.63, 3.8) is 0 Å². The summed E-state index contributed by atoms with van der Waals surface area (Å²) in [4.78, 5) is 16.5. The summed E-state index contributed by atoms with van der Waals surface area (Å²) in [5.74, 6) is -0.265. The van der Waals surface area contributed by atoms with Gasteiger partial charge in [0.15, 0.2) is 0 Å². The van der Waals surface area contributed by atoms with Crippen LogP contribution in [-0.2, 0) is 6.42 Å². The van der Waals surface area contributed by atoms with E-state index in [0.717, 1.165) is 34.7 Å². The molecule has 22 heavy (non-hydrogen) atoms. The number of nitrogens with one attached hydrogen (secondary N) is 2. The number of aryl methyl sites for hydroxylation is 2. The molecular weight excluding hydrogens is 301 g/mol. The molecule has 1 heterocycles. The van der Waals surface area contributed by atoms with Gasteiger partial charge in [-0.3, -0.25) is 0 Å². The Hall–Kier alpha value is -1.95. The molecule has 1 aliphatic carbocycles. The highest BCUT2D eigenvalue weighted by Crippen LogP contribution is 2.31. The topological polar surface area (TPSA) is 54.0 Å². The second-order valence-corrected chi connectivity index (χ2v) is 6.63. The van der Waals surface area contributed by atoms with Gasteiger partial charge in [-0.1, -0.05) is 6.07 Å². The van der Waals surface area contributed by atoms with Crippen LogP contribution in [0.3, 0.4) is 0 Å². The summed E-state index contributed by atoms with van der Waals surface area (Å²) < 4.78 is 13.4. The van der Waals surface area contributed by atoms with Crippen LogP contribution in [0, 0.1) is 12.7 Å². The molecule has 2 amide bonds. The quantitative estimate of drug-likeness (QED) is 0.907. The minimum absolute atomic E-state index is 0.130. The smallest absolute Gasteiger partial charge is 0.315 e. The molecule has 0 aliphatic heterocycles. The lowest BCUT2D eigenvalue weighted by Crippen LogP contribution is -2.38. The number of rotatable bonds is 3. The Balaban J connectivity index is 1.63. The third-order valence-electron chi connectivity index (χ3n) is 3.92. The number of carbonyl (C=O) groups excluding carboxylic acids is 1. The zero-order chi connectivity index (χ0) is 15.7. The fourth-order valence-electron chi connectivity index (χ4n) is 2.77. The Morgan fingerprint density at radius 3 is 3.05 bits per heavy atom. The molecule has 1 aromatic heterocycles. The highest BCUT2D eigenvalue weighted by Gasteiger charge is 2.25. The van der Waals surface area contributed by atoms with E-state index in [9.17, 15) is 9.18 Å². The van der Waals surface area contributed by atoms with Gasteiger partial charge in [-0.25, -0.2) is 14.2 Å². The summed E-state index contributed by atoms with van der Waals surface area (Å²) in [5.41, 5.74) is 2.85. The van der Waals surface area contributed by atoms with Crippen LogP contribution in [0.15, 0.2) is 23.6 Å². The molecular formula is C16H18FN3OS. The maximum absolute atomic E-state index is 13.4. The lowest BCUT2D eigenvalue weighted by Gasteiger charge is -2.17. The van der Waals surface area contributed by atoms with Crippen LogP contribution < -0.4 is 10.6 Å². The van der Waals surface area contributed by atoms with E-state index in [0.29, 0.717) is 0 Å². The van der Waals surface area contributed by atoms with Crippen molar-refractivity contribution in [3.05, 3.63) is 51.2 Å². The Morgan fingerprint density at radius 2 is 2.32 bits per heavy atom. The van der Waals surface area contributed by atoms with Crippen molar-refractivity contribution < 1.29 is 9.18 Å². The summed E-state index contributed by atoms with van der Waals surface area (Å²) in [6.07, 6.45) is 1.66. The third kappa shape index (κ3) is 3.11. The predicted molar refractivity (Wildman–Crippen MR) is 84.4 cm³/mol. The molecule has 1 aromatic carbocycles. The van der Waals surface area contributed by atoms with Crippen LogP contribution in [0.4, 0.5) is 9.18 Å². The number of amides is 2. The SMILES string of the molecule is Cc1nc([C@@H](C)NC(=O)N[C@@H]2CCc3ccc(F)cc32)cs1. The van der Waals surface area contributed by atoms with Crippen molar-refractivity contribution in [1.82, 2.24) is 15.6 Å². The zero-order valence-corrected chi connectivity index (χ0v) is 13.3. The van der Waals surface area contributed by atoms with Crippen LogP contribution in [-0.4, -0.2) is 11.0 Å². The Bertz CT molecular complexity index is 700. The van der Waals surface area contributed by atoms with Crippen LogP contribution in [0.5, 0.6) is 0 Å². The fourth-order valence-corrected chi connectivity index (χ4v) is 3.48. The Kier molecular flexibility index (Phi) is 4.11. The van der Waals surface area contributed by atoms with Crippen LogP contribution >= 0.6 is 11.3 Å². The highest BCUT2D eigenvalue weighted by molar-refractivity contribution is 7.09. The molecule has 0 saturated carbocycles. The summed E-state index contributed by atoms with van der Waals surface area (Å²) >= 11 is 1.56. The lowest BCUT2D eigenvalue weighted by molar-refractivity contribution is 0.234. The number of hydrogen-bond acceptors (Lipinski definition) is 3. The zero-order valence-electron chi connectivity index (χ0n) is 12.5.